The van der Waals surface area contributed by atoms with Gasteiger partial charge in [-0.1, -0.05) is 16.3 Å². The second kappa shape index (κ2) is 1.85. The molecule has 5 heteroatoms. The normalized spacial score (nSPS) is 9.75. The van der Waals surface area contributed by atoms with E-state index in [1.54, 1.807) is 6.92 Å². The van der Waals surface area contributed by atoms with Gasteiger partial charge < -0.3 is 0 Å². The number of rotatable bonds is 1. The predicted molar refractivity (Wildman–Crippen MR) is 23.7 cm³/mol. The van der Waals surface area contributed by atoms with Crippen LogP contribution in [0.3, 0.4) is 0 Å². The van der Waals surface area contributed by atoms with E-state index >= 15 is 0 Å². The molecule has 0 aliphatic rings. The van der Waals surface area contributed by atoms with Crippen molar-refractivity contribution in [2.45, 2.75) is 13.3 Å². The molecule has 0 saturated heterocycles. The van der Waals surface area contributed by atoms with Crippen molar-refractivity contribution < 1.29 is 4.48 Å². The highest BCUT2D eigenvalue weighted by Crippen LogP contribution is 1.89. The number of aromatic nitrogens is 4. The molecule has 0 fully saturated rings. The maximum atomic E-state index is 12.0. The first kappa shape index (κ1) is 5.14. The van der Waals surface area contributed by atoms with Gasteiger partial charge in [0.15, 0.2) is 5.82 Å². The maximum Gasteiger partial charge on any atom is 0.186 e. The second-order valence-corrected chi connectivity index (χ2v) is 1.31. The van der Waals surface area contributed by atoms with Crippen molar-refractivity contribution in [2.75, 3.05) is 0 Å². The van der Waals surface area contributed by atoms with E-state index in [9.17, 15) is 4.48 Å². The molecule has 0 saturated carbocycles. The number of hydrogen-bond acceptors (Lipinski definition) is 3. The third-order valence-electron chi connectivity index (χ3n) is 0.808. The molecule has 8 heavy (non-hydrogen) atoms. The Bertz CT molecular complexity index is 172. The van der Waals surface area contributed by atoms with E-state index in [0.29, 0.717) is 6.42 Å². The van der Waals surface area contributed by atoms with E-state index in [1.807, 2.05) is 0 Å². The molecule has 0 spiro atoms. The maximum absolute atomic E-state index is 12.0. The Hall–Kier alpha value is -1.00. The molecule has 0 amide bonds. The summed E-state index contributed by atoms with van der Waals surface area (Å²) in [5.41, 5.74) is 0. The molecule has 1 aromatic heterocycles. The van der Waals surface area contributed by atoms with Gasteiger partial charge in [-0.3, -0.25) is 0 Å². The van der Waals surface area contributed by atoms with Gasteiger partial charge in [-0.15, -0.1) is 5.10 Å². The molecule has 0 aliphatic carbocycles. The van der Waals surface area contributed by atoms with Gasteiger partial charge in [-0.25, -0.2) is 0 Å². The Balaban J connectivity index is 2.92. The van der Waals surface area contributed by atoms with Crippen molar-refractivity contribution in [3.05, 3.63) is 5.82 Å². The lowest BCUT2D eigenvalue weighted by Crippen LogP contribution is -1.91. The Morgan fingerprint density at radius 2 is 2.50 bits per heavy atom. The van der Waals surface area contributed by atoms with E-state index in [0.717, 1.165) is 0 Å². The summed E-state index contributed by atoms with van der Waals surface area (Å²) < 4.78 is 12.0. The summed E-state index contributed by atoms with van der Waals surface area (Å²) in [5, 5.41) is 9.42. The third-order valence-corrected chi connectivity index (χ3v) is 0.808. The lowest BCUT2D eigenvalue weighted by molar-refractivity contribution is 0.293. The Kier molecular flexibility index (Phi) is 1.19. The fourth-order valence-electron chi connectivity index (χ4n) is 0.396. The molecule has 1 aromatic rings. The third kappa shape index (κ3) is 0.661. The van der Waals surface area contributed by atoms with E-state index in [2.05, 4.69) is 15.5 Å². The Morgan fingerprint density at radius 1 is 1.75 bits per heavy atom. The molecule has 44 valence electrons. The minimum atomic E-state index is 0.167. The second-order valence-electron chi connectivity index (χ2n) is 1.31. The Labute approximate surface area is 45.2 Å². The minimum Gasteiger partial charge on any atom is -0.111 e. The summed E-state index contributed by atoms with van der Waals surface area (Å²) in [6.45, 7) is 1.78. The van der Waals surface area contributed by atoms with Crippen LogP contribution in [0.1, 0.15) is 12.7 Å². The van der Waals surface area contributed by atoms with E-state index in [-0.39, 0.29) is 10.7 Å². The predicted octanol–water partition coefficient (Wildman–Crippen LogP) is -0.0319. The average Bonchev–Trinajstić information content (AvgIpc) is 2.14. The van der Waals surface area contributed by atoms with Crippen molar-refractivity contribution in [3.8, 4) is 0 Å². The fourth-order valence-corrected chi connectivity index (χ4v) is 0.396. The van der Waals surface area contributed by atoms with E-state index < -0.39 is 0 Å². The lowest BCUT2D eigenvalue weighted by Gasteiger charge is -1.82. The van der Waals surface area contributed by atoms with Crippen molar-refractivity contribution >= 4 is 0 Å². The zero-order valence-corrected chi connectivity index (χ0v) is 4.37. The molecular weight excluding hydrogens is 111 g/mol. The molecular formula is C3H5FN4. The van der Waals surface area contributed by atoms with Gasteiger partial charge in [0.2, 0.25) is 0 Å². The molecule has 0 bridgehead atoms. The van der Waals surface area contributed by atoms with Crippen molar-refractivity contribution in [3.63, 3.8) is 0 Å². The SMILES string of the molecule is CCc1nnnn1F. The molecule has 0 radical (unpaired) electrons. The highest BCUT2D eigenvalue weighted by atomic mass is 19.2. The number of halogens is 1. The number of tetrazole rings is 1. The summed E-state index contributed by atoms with van der Waals surface area (Å²) >= 11 is 0. The summed E-state index contributed by atoms with van der Waals surface area (Å²) in [4.78, 5) is 0.167. The average molecular weight is 116 g/mol. The summed E-state index contributed by atoms with van der Waals surface area (Å²) in [5.74, 6) is 0.255. The number of nitrogens with zero attached hydrogens (tertiary/aromatic N) is 4. The van der Waals surface area contributed by atoms with Crippen LogP contribution in [0.2, 0.25) is 0 Å². The fraction of sp³-hybridized carbons (Fsp3) is 0.667. The quantitative estimate of drug-likeness (QED) is 0.517. The zero-order chi connectivity index (χ0) is 5.98. The van der Waals surface area contributed by atoms with E-state index in [4.69, 9.17) is 0 Å². The highest BCUT2D eigenvalue weighted by molar-refractivity contribution is 4.74. The van der Waals surface area contributed by atoms with Crippen LogP contribution in [-0.4, -0.2) is 20.4 Å². The van der Waals surface area contributed by atoms with Crippen LogP contribution in [0.25, 0.3) is 0 Å². The van der Waals surface area contributed by atoms with Crippen LogP contribution in [0, 0.1) is 0 Å². The van der Waals surface area contributed by atoms with Crippen molar-refractivity contribution in [2.24, 2.45) is 0 Å². The first-order valence-electron chi connectivity index (χ1n) is 2.28. The highest BCUT2D eigenvalue weighted by Gasteiger charge is 1.98. The minimum absolute atomic E-state index is 0.167. The number of hydrogen-bond donors (Lipinski definition) is 0. The van der Waals surface area contributed by atoms with Crippen molar-refractivity contribution in [1.82, 2.24) is 20.4 Å². The molecule has 0 aromatic carbocycles. The van der Waals surface area contributed by atoms with Crippen molar-refractivity contribution in [1.29, 1.82) is 0 Å². The van der Waals surface area contributed by atoms with Gasteiger partial charge in [-0.2, -0.15) is 0 Å². The zero-order valence-electron chi connectivity index (χ0n) is 4.37. The van der Waals surface area contributed by atoms with Gasteiger partial charge in [0, 0.05) is 6.42 Å². The summed E-state index contributed by atoms with van der Waals surface area (Å²) in [6.07, 6.45) is 0.517. The van der Waals surface area contributed by atoms with Gasteiger partial charge in [-0.05, 0) is 10.4 Å². The first-order chi connectivity index (χ1) is 3.84. The topological polar surface area (TPSA) is 43.6 Å². The number of aryl methyl sites for hydroxylation is 1. The molecule has 0 N–H and O–H groups in total. The molecule has 1 rings (SSSR count). The smallest absolute Gasteiger partial charge is 0.111 e. The van der Waals surface area contributed by atoms with Gasteiger partial charge in [0.1, 0.15) is 0 Å². The standard InChI is InChI=1S/C3H5FN4/c1-2-3-5-6-7-8(3)4/h2H2,1H3. The summed E-state index contributed by atoms with van der Waals surface area (Å²) in [7, 11) is 0. The van der Waals surface area contributed by atoms with Crippen LogP contribution >= 0.6 is 0 Å². The van der Waals surface area contributed by atoms with Gasteiger partial charge in [0.25, 0.3) is 0 Å². The summed E-state index contributed by atoms with van der Waals surface area (Å²) in [6, 6.07) is 0. The molecule has 0 aliphatic heterocycles. The van der Waals surface area contributed by atoms with Gasteiger partial charge in [0.05, 0.1) is 0 Å². The lowest BCUT2D eigenvalue weighted by atomic mass is 10.5. The Morgan fingerprint density at radius 3 is 2.75 bits per heavy atom. The largest absolute Gasteiger partial charge is 0.186 e. The van der Waals surface area contributed by atoms with E-state index in [1.165, 1.54) is 0 Å². The first-order valence-corrected chi connectivity index (χ1v) is 2.28. The molecule has 0 unspecified atom stereocenters. The molecule has 0 atom stereocenters. The van der Waals surface area contributed by atoms with Crippen LogP contribution in [-0.2, 0) is 6.42 Å². The molecule has 4 nitrogen and oxygen atoms in total. The van der Waals surface area contributed by atoms with Crippen LogP contribution in [0.4, 0.5) is 4.48 Å². The van der Waals surface area contributed by atoms with Gasteiger partial charge >= 0.3 is 0 Å². The molecule has 1 heterocycles. The van der Waals surface area contributed by atoms with Crippen LogP contribution < -0.4 is 0 Å². The van der Waals surface area contributed by atoms with Crippen LogP contribution in [0.15, 0.2) is 0 Å². The van der Waals surface area contributed by atoms with Crippen LogP contribution in [0.5, 0.6) is 0 Å². The monoisotopic (exact) mass is 116 g/mol.